The summed E-state index contributed by atoms with van der Waals surface area (Å²) in [5, 5.41) is 9.31. The van der Waals surface area contributed by atoms with E-state index in [1.165, 1.54) is 0 Å². The van der Waals surface area contributed by atoms with Gasteiger partial charge in [0.2, 0.25) is 0 Å². The zero-order valence-electron chi connectivity index (χ0n) is 6.75. The second kappa shape index (κ2) is 2.89. The van der Waals surface area contributed by atoms with Crippen molar-refractivity contribution < 1.29 is 9.90 Å². The molecule has 0 fully saturated rings. The molecule has 13 heavy (non-hydrogen) atoms. The highest BCUT2D eigenvalue weighted by Gasteiger charge is 2.24. The van der Waals surface area contributed by atoms with Crippen LogP contribution in [0.3, 0.4) is 0 Å². The number of aliphatic carboxylic acids is 1. The van der Waals surface area contributed by atoms with Gasteiger partial charge in [0, 0.05) is 11.5 Å². The fourth-order valence-electron chi connectivity index (χ4n) is 1.55. The number of carbonyl (C=O) groups is 1. The molecular formula is C10H7ClO2. The van der Waals surface area contributed by atoms with Crippen LogP contribution >= 0.6 is 11.6 Å². The van der Waals surface area contributed by atoms with Crippen LogP contribution in [0.4, 0.5) is 0 Å². The Morgan fingerprint density at radius 2 is 2.08 bits per heavy atom. The lowest BCUT2D eigenvalue weighted by Gasteiger charge is -1.98. The zero-order valence-corrected chi connectivity index (χ0v) is 7.51. The minimum absolute atomic E-state index is 0.247. The van der Waals surface area contributed by atoms with E-state index in [0.717, 1.165) is 11.1 Å². The van der Waals surface area contributed by atoms with E-state index in [9.17, 15) is 4.79 Å². The number of halogens is 1. The highest BCUT2D eigenvalue weighted by Crippen LogP contribution is 2.34. The Bertz CT molecular complexity index is 407. The molecule has 1 aliphatic carbocycles. The van der Waals surface area contributed by atoms with Crippen molar-refractivity contribution in [3.63, 3.8) is 0 Å². The molecule has 1 aromatic carbocycles. The van der Waals surface area contributed by atoms with E-state index in [-0.39, 0.29) is 5.57 Å². The monoisotopic (exact) mass is 194 g/mol. The number of rotatable bonds is 1. The first-order valence-corrected chi connectivity index (χ1v) is 4.28. The van der Waals surface area contributed by atoms with E-state index >= 15 is 0 Å². The summed E-state index contributed by atoms with van der Waals surface area (Å²) in [6.07, 6.45) is 0.541. The molecule has 0 aliphatic heterocycles. The summed E-state index contributed by atoms with van der Waals surface area (Å²) < 4.78 is 0. The van der Waals surface area contributed by atoms with E-state index in [1.54, 1.807) is 6.07 Å². The van der Waals surface area contributed by atoms with Gasteiger partial charge in [0.1, 0.15) is 0 Å². The number of fused-ring (bicyclic) bond motifs is 1. The van der Waals surface area contributed by atoms with E-state index in [1.807, 2.05) is 18.2 Å². The normalized spacial score (nSPS) is 14.5. The Hall–Kier alpha value is -1.28. The van der Waals surface area contributed by atoms with Crippen molar-refractivity contribution in [2.24, 2.45) is 0 Å². The van der Waals surface area contributed by atoms with Crippen molar-refractivity contribution >= 4 is 23.1 Å². The Kier molecular flexibility index (Phi) is 1.85. The van der Waals surface area contributed by atoms with Gasteiger partial charge < -0.3 is 5.11 Å². The van der Waals surface area contributed by atoms with E-state index < -0.39 is 5.97 Å². The van der Waals surface area contributed by atoms with Gasteiger partial charge in [-0.15, -0.1) is 0 Å². The first-order chi connectivity index (χ1) is 6.20. The maximum absolute atomic E-state index is 10.8. The molecule has 0 spiro atoms. The van der Waals surface area contributed by atoms with Crippen LogP contribution in [0.2, 0.25) is 0 Å². The summed E-state index contributed by atoms with van der Waals surface area (Å²) in [6, 6.07) is 7.38. The second-order valence-electron chi connectivity index (χ2n) is 2.92. The molecule has 3 heteroatoms. The third-order valence-corrected chi connectivity index (χ3v) is 2.44. The molecule has 1 aliphatic rings. The molecule has 1 N–H and O–H groups in total. The molecule has 0 radical (unpaired) electrons. The number of carboxylic acids is 1. The van der Waals surface area contributed by atoms with Gasteiger partial charge in [-0.2, -0.15) is 0 Å². The van der Waals surface area contributed by atoms with E-state index in [2.05, 4.69) is 0 Å². The topological polar surface area (TPSA) is 37.3 Å². The highest BCUT2D eigenvalue weighted by atomic mass is 35.5. The minimum atomic E-state index is -0.949. The molecule has 1 aromatic rings. The van der Waals surface area contributed by atoms with Crippen LogP contribution in [0.15, 0.2) is 29.3 Å². The molecule has 66 valence electrons. The summed E-state index contributed by atoms with van der Waals surface area (Å²) in [7, 11) is 0. The van der Waals surface area contributed by atoms with Gasteiger partial charge in [0.15, 0.2) is 0 Å². The van der Waals surface area contributed by atoms with E-state index in [0.29, 0.717) is 11.5 Å². The summed E-state index contributed by atoms with van der Waals surface area (Å²) >= 11 is 5.84. The van der Waals surface area contributed by atoms with Crippen LogP contribution in [-0.2, 0) is 11.2 Å². The van der Waals surface area contributed by atoms with Gasteiger partial charge >= 0.3 is 5.97 Å². The molecule has 0 saturated carbocycles. The average Bonchev–Trinajstić information content (AvgIpc) is 2.39. The van der Waals surface area contributed by atoms with Crippen LogP contribution in [0, 0.1) is 0 Å². The molecule has 2 rings (SSSR count). The van der Waals surface area contributed by atoms with Crippen molar-refractivity contribution in [2.45, 2.75) is 6.42 Å². The predicted molar refractivity (Wildman–Crippen MR) is 50.6 cm³/mol. The molecule has 0 bridgehead atoms. The Morgan fingerprint density at radius 3 is 2.77 bits per heavy atom. The SMILES string of the molecule is O=C(O)C1=C(Cl)Cc2ccccc21. The van der Waals surface area contributed by atoms with Crippen LogP contribution in [-0.4, -0.2) is 11.1 Å². The number of allylic oxidation sites excluding steroid dienone is 1. The maximum Gasteiger partial charge on any atom is 0.337 e. The molecule has 0 aromatic heterocycles. The number of hydrogen-bond donors (Lipinski definition) is 1. The lowest BCUT2D eigenvalue weighted by atomic mass is 10.1. The summed E-state index contributed by atoms with van der Waals surface area (Å²) in [5.74, 6) is -0.949. The van der Waals surface area contributed by atoms with Gasteiger partial charge in [-0.3, -0.25) is 0 Å². The zero-order chi connectivity index (χ0) is 9.42. The van der Waals surface area contributed by atoms with Crippen LogP contribution in [0.25, 0.3) is 5.57 Å². The lowest BCUT2D eigenvalue weighted by Crippen LogP contribution is -1.98. The van der Waals surface area contributed by atoms with E-state index in [4.69, 9.17) is 16.7 Å². The van der Waals surface area contributed by atoms with Gasteiger partial charge in [-0.25, -0.2) is 4.79 Å². The number of benzene rings is 1. The van der Waals surface area contributed by atoms with Gasteiger partial charge in [0.05, 0.1) is 5.57 Å². The highest BCUT2D eigenvalue weighted by molar-refractivity contribution is 6.39. The standard InChI is InChI=1S/C10H7ClO2/c11-8-5-6-3-1-2-4-7(6)9(8)10(12)13/h1-4H,5H2,(H,12,13). The van der Waals surface area contributed by atoms with Gasteiger partial charge in [-0.1, -0.05) is 35.9 Å². The van der Waals surface area contributed by atoms with Crippen LogP contribution < -0.4 is 0 Å². The molecule has 0 heterocycles. The van der Waals surface area contributed by atoms with Crippen LogP contribution in [0.5, 0.6) is 0 Å². The average molecular weight is 195 g/mol. The second-order valence-corrected chi connectivity index (χ2v) is 3.38. The number of hydrogen-bond acceptors (Lipinski definition) is 1. The smallest absolute Gasteiger partial charge is 0.337 e. The largest absolute Gasteiger partial charge is 0.478 e. The summed E-state index contributed by atoms with van der Waals surface area (Å²) in [6.45, 7) is 0. The lowest BCUT2D eigenvalue weighted by molar-refractivity contribution is -0.130. The first-order valence-electron chi connectivity index (χ1n) is 3.90. The van der Waals surface area contributed by atoms with Crippen molar-refractivity contribution in [2.75, 3.05) is 0 Å². The first kappa shape index (κ1) is 8.32. The van der Waals surface area contributed by atoms with Gasteiger partial charge in [-0.05, 0) is 11.1 Å². The molecule has 2 nitrogen and oxygen atoms in total. The third-order valence-electron chi connectivity index (χ3n) is 2.12. The number of carboxylic acid groups (broad SMARTS) is 1. The molecule has 0 unspecified atom stereocenters. The fourth-order valence-corrected chi connectivity index (χ4v) is 1.88. The predicted octanol–water partition coefficient (Wildman–Crippen LogP) is 2.28. The molecular weight excluding hydrogens is 188 g/mol. The summed E-state index contributed by atoms with van der Waals surface area (Å²) in [5.41, 5.74) is 1.99. The quantitative estimate of drug-likeness (QED) is 0.745. The summed E-state index contributed by atoms with van der Waals surface area (Å²) in [4.78, 5) is 10.8. The van der Waals surface area contributed by atoms with Gasteiger partial charge in [0.25, 0.3) is 0 Å². The van der Waals surface area contributed by atoms with Crippen molar-refractivity contribution in [3.05, 3.63) is 40.4 Å². The minimum Gasteiger partial charge on any atom is -0.478 e. The molecule has 0 atom stereocenters. The van der Waals surface area contributed by atoms with Crippen molar-refractivity contribution in [3.8, 4) is 0 Å². The Morgan fingerprint density at radius 1 is 1.38 bits per heavy atom. The molecule has 0 saturated heterocycles. The van der Waals surface area contributed by atoms with Crippen molar-refractivity contribution in [1.29, 1.82) is 0 Å². The third kappa shape index (κ3) is 1.23. The van der Waals surface area contributed by atoms with Crippen LogP contribution in [0.1, 0.15) is 11.1 Å². The Labute approximate surface area is 80.5 Å². The fraction of sp³-hybridized carbons (Fsp3) is 0.100. The molecule has 0 amide bonds. The maximum atomic E-state index is 10.8. The van der Waals surface area contributed by atoms with Crippen molar-refractivity contribution in [1.82, 2.24) is 0 Å². The Balaban J connectivity index is 2.59.